The lowest BCUT2D eigenvalue weighted by Gasteiger charge is -2.29. The van der Waals surface area contributed by atoms with Crippen LogP contribution in [-0.2, 0) is 59.6 Å². The van der Waals surface area contributed by atoms with Gasteiger partial charge in [0.25, 0.3) is 10.0 Å². The quantitative estimate of drug-likeness (QED) is 0.142. The lowest BCUT2D eigenvalue weighted by molar-refractivity contribution is -0.143. The number of halogens is 2. The number of aryl methyl sites for hydroxylation is 3. The zero-order valence-electron chi connectivity index (χ0n) is 36.3. The number of fused-ring (bicyclic) bond motifs is 10. The minimum Gasteiger partial charge on any atom is -0.466 e. The first kappa shape index (κ1) is 44.4. The fourth-order valence-electron chi connectivity index (χ4n) is 8.19. The number of ether oxygens (including phenoxy) is 2. The van der Waals surface area contributed by atoms with Crippen LogP contribution in [0.2, 0.25) is 0 Å². The third-order valence-corrected chi connectivity index (χ3v) is 16.5. The van der Waals surface area contributed by atoms with Gasteiger partial charge in [-0.15, -0.1) is 0 Å². The number of benzene rings is 4. The van der Waals surface area contributed by atoms with Crippen LogP contribution in [0.15, 0.2) is 102 Å². The molecule has 0 aliphatic carbocycles. The minimum atomic E-state index is -4.18. The summed E-state index contributed by atoms with van der Waals surface area (Å²) < 4.78 is 103. The van der Waals surface area contributed by atoms with Gasteiger partial charge in [-0.3, -0.25) is 9.48 Å². The molecule has 8 rings (SSSR count). The van der Waals surface area contributed by atoms with Gasteiger partial charge >= 0.3 is 5.97 Å². The number of aromatic nitrogens is 6. The molecule has 7 aromatic rings. The summed E-state index contributed by atoms with van der Waals surface area (Å²) in [6.45, 7) is 8.83. The van der Waals surface area contributed by atoms with Gasteiger partial charge in [-0.05, 0) is 101 Å². The highest BCUT2D eigenvalue weighted by molar-refractivity contribution is 7.92. The molecule has 0 spiro atoms. The van der Waals surface area contributed by atoms with Gasteiger partial charge in [0.1, 0.15) is 11.6 Å². The first-order chi connectivity index (χ1) is 30.3. The number of rotatable bonds is 7. The van der Waals surface area contributed by atoms with E-state index in [0.717, 1.165) is 26.7 Å². The van der Waals surface area contributed by atoms with Gasteiger partial charge in [0.15, 0.2) is 33.1 Å². The molecule has 4 heterocycles. The number of esters is 1. The second-order valence-corrected chi connectivity index (χ2v) is 21.3. The molecule has 334 valence electrons. The molecule has 1 aliphatic rings. The van der Waals surface area contributed by atoms with Crippen molar-refractivity contribution in [3.8, 4) is 22.9 Å². The van der Waals surface area contributed by atoms with E-state index in [0.29, 0.717) is 23.2 Å². The van der Waals surface area contributed by atoms with Crippen LogP contribution in [-0.4, -0.2) is 63.7 Å². The Hall–Kier alpha value is -6.20. The SMILES string of the molecule is CCOC(=O)CCc1cccc(C2(C)CCCS(=O)(=O)C(C)(C)c3cnn(c3)Cc3c(c(F)cc4c3ccn4S(=O)(=O)c3ccc(C)cc3)Oc3ccc(F)c(c3)-c3nc2nn3C)c1. The van der Waals surface area contributed by atoms with Crippen molar-refractivity contribution in [1.82, 2.24) is 28.5 Å². The Kier molecular flexibility index (Phi) is 11.6. The highest BCUT2D eigenvalue weighted by Crippen LogP contribution is 2.41. The minimum absolute atomic E-state index is 0.00151. The van der Waals surface area contributed by atoms with E-state index in [1.807, 2.05) is 38.1 Å². The van der Waals surface area contributed by atoms with Gasteiger partial charge in [0.2, 0.25) is 0 Å². The van der Waals surface area contributed by atoms with Crippen LogP contribution < -0.4 is 4.74 Å². The molecule has 0 saturated carbocycles. The van der Waals surface area contributed by atoms with E-state index in [-0.39, 0.29) is 83.0 Å². The maximum absolute atomic E-state index is 16.7. The predicted octanol–water partition coefficient (Wildman–Crippen LogP) is 8.54. The van der Waals surface area contributed by atoms with Gasteiger partial charge in [-0.25, -0.2) is 39.3 Å². The van der Waals surface area contributed by atoms with E-state index in [2.05, 4.69) is 5.10 Å². The molecular weight excluding hydrogens is 863 g/mol. The van der Waals surface area contributed by atoms with Crippen LogP contribution in [0, 0.1) is 18.6 Å². The van der Waals surface area contributed by atoms with Crippen molar-refractivity contribution < 1.29 is 39.9 Å². The summed E-state index contributed by atoms with van der Waals surface area (Å²) in [5.41, 5.74) is 2.12. The highest BCUT2D eigenvalue weighted by Gasteiger charge is 2.40. The van der Waals surface area contributed by atoms with Crippen molar-refractivity contribution in [2.45, 2.75) is 81.9 Å². The molecule has 0 amide bonds. The summed E-state index contributed by atoms with van der Waals surface area (Å²) in [6.07, 6.45) is 5.43. The molecule has 13 nitrogen and oxygen atoms in total. The zero-order valence-corrected chi connectivity index (χ0v) is 37.9. The third kappa shape index (κ3) is 8.10. The van der Waals surface area contributed by atoms with Crippen molar-refractivity contribution in [2.24, 2.45) is 7.05 Å². The maximum atomic E-state index is 16.7. The summed E-state index contributed by atoms with van der Waals surface area (Å²) in [7, 11) is -6.45. The topological polar surface area (TPSA) is 157 Å². The molecule has 64 heavy (non-hydrogen) atoms. The summed E-state index contributed by atoms with van der Waals surface area (Å²) >= 11 is 0. The van der Waals surface area contributed by atoms with Crippen LogP contribution in [0.25, 0.3) is 22.3 Å². The van der Waals surface area contributed by atoms with Crippen molar-refractivity contribution in [2.75, 3.05) is 12.4 Å². The zero-order chi connectivity index (χ0) is 45.8. The largest absolute Gasteiger partial charge is 0.466 e. The number of hydrogen-bond donors (Lipinski definition) is 0. The van der Waals surface area contributed by atoms with Gasteiger partial charge in [0.05, 0.1) is 51.2 Å². The van der Waals surface area contributed by atoms with Crippen LogP contribution >= 0.6 is 0 Å². The number of carbonyl (C=O) groups is 1. The Morgan fingerprint density at radius 2 is 1.73 bits per heavy atom. The molecule has 17 heteroatoms. The average molecular weight is 911 g/mol. The van der Waals surface area contributed by atoms with Crippen molar-refractivity contribution in [1.29, 1.82) is 0 Å². The highest BCUT2D eigenvalue weighted by atomic mass is 32.2. The van der Waals surface area contributed by atoms with Gasteiger partial charge in [-0.2, -0.15) is 10.2 Å². The summed E-state index contributed by atoms with van der Waals surface area (Å²) in [5.74, 6) is -1.89. The van der Waals surface area contributed by atoms with Crippen LogP contribution in [0.1, 0.15) is 80.6 Å². The molecule has 0 N–H and O–H groups in total. The molecule has 0 fully saturated rings. The maximum Gasteiger partial charge on any atom is 0.306 e. The summed E-state index contributed by atoms with van der Waals surface area (Å²) in [4.78, 5) is 17.1. The van der Waals surface area contributed by atoms with E-state index in [9.17, 15) is 21.6 Å². The smallest absolute Gasteiger partial charge is 0.306 e. The van der Waals surface area contributed by atoms with E-state index in [1.165, 1.54) is 52.1 Å². The predicted molar refractivity (Wildman–Crippen MR) is 237 cm³/mol. The first-order valence-electron chi connectivity index (χ1n) is 20.9. The van der Waals surface area contributed by atoms with Crippen LogP contribution in [0.4, 0.5) is 8.78 Å². The van der Waals surface area contributed by atoms with Crippen molar-refractivity contribution >= 4 is 36.7 Å². The van der Waals surface area contributed by atoms with Crippen molar-refractivity contribution in [3.05, 3.63) is 143 Å². The molecular formula is C47H48F2N6O7S2. The monoisotopic (exact) mass is 910 g/mol. The lowest BCUT2D eigenvalue weighted by Crippen LogP contribution is -2.33. The van der Waals surface area contributed by atoms with Gasteiger partial charge < -0.3 is 9.47 Å². The van der Waals surface area contributed by atoms with E-state index < -0.39 is 41.7 Å². The number of hydrogen-bond acceptors (Lipinski definition) is 10. The number of nitrogens with zero attached hydrogens (tertiary/aromatic N) is 6. The Labute approximate surface area is 370 Å². The van der Waals surface area contributed by atoms with E-state index in [4.69, 9.17) is 19.6 Å². The van der Waals surface area contributed by atoms with Crippen molar-refractivity contribution in [3.63, 3.8) is 0 Å². The molecule has 6 bridgehead atoms. The molecule has 0 saturated heterocycles. The summed E-state index contributed by atoms with van der Waals surface area (Å²) in [6, 6.07) is 20.5. The second-order valence-electron chi connectivity index (χ2n) is 16.9. The first-order valence-corrected chi connectivity index (χ1v) is 24.0. The van der Waals surface area contributed by atoms with Gasteiger partial charge in [0, 0.05) is 48.4 Å². The molecule has 3 aromatic heterocycles. The normalized spacial score (nSPS) is 17.4. The second kappa shape index (κ2) is 16.7. The fourth-order valence-corrected chi connectivity index (χ4v) is 11.0. The molecule has 1 unspecified atom stereocenters. The summed E-state index contributed by atoms with van der Waals surface area (Å²) in [5, 5.41) is 9.63. The fraction of sp³-hybridized carbons (Fsp3) is 0.319. The average Bonchev–Trinajstić information content (AvgIpc) is 4.01. The van der Waals surface area contributed by atoms with Crippen LogP contribution in [0.3, 0.4) is 0 Å². The Morgan fingerprint density at radius 1 is 0.969 bits per heavy atom. The third-order valence-electron chi connectivity index (χ3n) is 12.2. The number of carbonyl (C=O) groups excluding carboxylic acids is 1. The Balaban J connectivity index is 1.28. The molecule has 1 aliphatic heterocycles. The molecule has 4 aromatic carbocycles. The van der Waals surface area contributed by atoms with Crippen LogP contribution in [0.5, 0.6) is 11.5 Å². The van der Waals surface area contributed by atoms with E-state index >= 15 is 8.78 Å². The molecule has 1 atom stereocenters. The number of sulfone groups is 1. The van der Waals surface area contributed by atoms with E-state index in [1.54, 1.807) is 52.2 Å². The standard InChI is InChI=1S/C47H48F2N6O7S2/c1-7-61-42(56)19-14-31-10-8-11-32(24-31)47(5)21-9-23-63(57,58)46(3,4)33-27-50-54(28-33)29-38-36-20-22-55(64(59,60)35-16-12-30(2)13-17-35)41(36)26-40(49)43(38)62-34-15-18-39(48)37(25-34)44-51-45(47)52-53(44)6/h8,10-13,15-18,20,22,24-28H,7,9,14,19,21,23,29H2,1-6H3. The lowest BCUT2D eigenvalue weighted by atomic mass is 9.77. The van der Waals surface area contributed by atoms with Gasteiger partial charge in [-0.1, -0.05) is 42.0 Å². The Morgan fingerprint density at radius 3 is 2.48 bits per heavy atom. The molecule has 0 radical (unpaired) electrons. The Bertz CT molecular complexity index is 3160.